The van der Waals surface area contributed by atoms with Gasteiger partial charge in [0.05, 0.1) is 38.0 Å². The van der Waals surface area contributed by atoms with E-state index in [0.717, 1.165) is 63.4 Å². The van der Waals surface area contributed by atoms with Crippen LogP contribution in [0, 0.1) is 29.1 Å². The molecular weight excluding hydrogens is 869 g/mol. The van der Waals surface area contributed by atoms with Gasteiger partial charge in [0, 0.05) is 91.9 Å². The van der Waals surface area contributed by atoms with Gasteiger partial charge in [-0.15, -0.1) is 11.3 Å². The van der Waals surface area contributed by atoms with Crippen molar-refractivity contribution >= 4 is 51.8 Å². The van der Waals surface area contributed by atoms with Gasteiger partial charge < -0.3 is 29.2 Å². The number of ether oxygens (including phenoxy) is 2. The third-order valence-corrected chi connectivity index (χ3v) is 14.5. The van der Waals surface area contributed by atoms with Crippen molar-refractivity contribution in [1.82, 2.24) is 40.0 Å². The van der Waals surface area contributed by atoms with Crippen LogP contribution in [-0.2, 0) is 52.8 Å². The maximum Gasteiger partial charge on any atom is 0.324 e. The lowest BCUT2D eigenvalue weighted by Crippen LogP contribution is -2.62. The minimum absolute atomic E-state index is 0.164. The molecule has 3 fully saturated rings. The first-order valence-corrected chi connectivity index (χ1v) is 24.6. The second-order valence-electron chi connectivity index (χ2n) is 19.4. The van der Waals surface area contributed by atoms with Crippen LogP contribution in [0.1, 0.15) is 64.3 Å². The Morgan fingerprint density at radius 1 is 1.04 bits per heavy atom. The van der Waals surface area contributed by atoms with E-state index in [1.54, 1.807) is 18.1 Å². The molecule has 4 aromatic rings. The number of aryl methyl sites for hydroxylation is 1. The average molecular weight is 933 g/mol. The van der Waals surface area contributed by atoms with Crippen LogP contribution < -0.4 is 10.7 Å². The maximum atomic E-state index is 14.7. The molecule has 16 heteroatoms. The number of rotatable bonds is 8. The van der Waals surface area contributed by atoms with Crippen molar-refractivity contribution in [1.29, 1.82) is 0 Å². The van der Waals surface area contributed by atoms with E-state index in [2.05, 4.69) is 93.5 Å². The summed E-state index contributed by atoms with van der Waals surface area (Å²) in [5, 5.41) is 7.72. The van der Waals surface area contributed by atoms with E-state index in [1.807, 2.05) is 26.1 Å². The predicted molar refractivity (Wildman–Crippen MR) is 257 cm³/mol. The fourth-order valence-electron chi connectivity index (χ4n) is 10.0. The first-order chi connectivity index (χ1) is 32.2. The Morgan fingerprint density at radius 3 is 2.60 bits per heavy atom. The number of hydrazine groups is 1. The number of nitrogens with one attached hydrogen (secondary N) is 2. The van der Waals surface area contributed by atoms with Crippen LogP contribution >= 0.6 is 11.3 Å². The first kappa shape index (κ1) is 47.9. The number of thiophene rings is 1. The van der Waals surface area contributed by atoms with E-state index in [9.17, 15) is 24.0 Å². The SMILES string of the molecule is CCn1c(-c2cccnc2)c2c3cc(ccc31)-c1csc(c1)C[C@H](NC(=O)C(C(C)C)N(C)C(=O)[C@H]1CCN(C(=O)C#CCN3CCOCC3)C1)C(=O)N1CCC[C@H](N1)C(=O)OCC(C)(C)C2. The molecule has 0 spiro atoms. The number of esters is 1. The van der Waals surface area contributed by atoms with Gasteiger partial charge in [0.1, 0.15) is 18.1 Å². The molecule has 3 saturated heterocycles. The summed E-state index contributed by atoms with van der Waals surface area (Å²) < 4.78 is 13.8. The van der Waals surface area contributed by atoms with Crippen LogP contribution in [0.3, 0.4) is 0 Å². The summed E-state index contributed by atoms with van der Waals surface area (Å²) in [6.45, 7) is 15.3. The number of hydrogen-bond acceptors (Lipinski definition) is 11. The highest BCUT2D eigenvalue weighted by Gasteiger charge is 2.40. The zero-order chi connectivity index (χ0) is 47.4. The summed E-state index contributed by atoms with van der Waals surface area (Å²) in [5.74, 6) is 3.10. The molecule has 3 aromatic heterocycles. The van der Waals surface area contributed by atoms with Crippen LogP contribution in [-0.4, -0.2) is 143 Å². The Hall–Kier alpha value is -5.60. The normalized spacial score (nSPS) is 21.9. The molecule has 4 aliphatic rings. The van der Waals surface area contributed by atoms with Crippen molar-refractivity contribution in [3.05, 3.63) is 64.6 Å². The smallest absolute Gasteiger partial charge is 0.324 e. The van der Waals surface area contributed by atoms with Crippen LogP contribution in [0.15, 0.2) is 54.2 Å². The van der Waals surface area contributed by atoms with Gasteiger partial charge in [0.25, 0.3) is 11.8 Å². The Kier molecular flexibility index (Phi) is 14.8. The summed E-state index contributed by atoms with van der Waals surface area (Å²) in [7, 11) is 1.62. The number of pyridine rings is 1. The number of aromatic nitrogens is 2. The second kappa shape index (κ2) is 20.7. The molecule has 6 bridgehead atoms. The molecule has 356 valence electrons. The van der Waals surface area contributed by atoms with Gasteiger partial charge in [-0.1, -0.05) is 39.7 Å². The molecule has 4 atom stereocenters. The molecule has 0 radical (unpaired) electrons. The Labute approximate surface area is 397 Å². The molecule has 7 heterocycles. The lowest BCUT2D eigenvalue weighted by Gasteiger charge is -2.37. The fraction of sp³-hybridized carbons (Fsp3) is 0.529. The highest BCUT2D eigenvalue weighted by molar-refractivity contribution is 7.10. The van der Waals surface area contributed by atoms with Gasteiger partial charge in [0.15, 0.2) is 0 Å². The van der Waals surface area contributed by atoms with Crippen LogP contribution in [0.4, 0.5) is 0 Å². The van der Waals surface area contributed by atoms with E-state index in [0.29, 0.717) is 58.5 Å². The van der Waals surface area contributed by atoms with Crippen LogP contribution in [0.2, 0.25) is 0 Å². The lowest BCUT2D eigenvalue weighted by atomic mass is 9.84. The molecule has 4 aliphatic heterocycles. The zero-order valence-corrected chi connectivity index (χ0v) is 40.5. The topological polar surface area (TPSA) is 159 Å². The predicted octanol–water partition coefficient (Wildman–Crippen LogP) is 4.77. The van der Waals surface area contributed by atoms with E-state index in [4.69, 9.17) is 9.47 Å². The number of morpholine rings is 1. The third kappa shape index (κ3) is 10.8. The lowest BCUT2D eigenvalue weighted by molar-refractivity contribution is -0.155. The molecule has 8 rings (SSSR count). The van der Waals surface area contributed by atoms with E-state index < -0.39 is 41.3 Å². The number of amides is 4. The number of hydrogen-bond donors (Lipinski definition) is 2. The molecule has 0 aliphatic carbocycles. The van der Waals surface area contributed by atoms with E-state index >= 15 is 0 Å². The van der Waals surface area contributed by atoms with Gasteiger partial charge in [0.2, 0.25) is 11.8 Å². The summed E-state index contributed by atoms with van der Waals surface area (Å²) in [6, 6.07) is 9.98. The summed E-state index contributed by atoms with van der Waals surface area (Å²) >= 11 is 1.52. The molecule has 2 N–H and O–H groups in total. The number of fused-ring (bicyclic) bond motifs is 6. The number of likely N-dealkylation sites (tertiary alicyclic amines) is 1. The van der Waals surface area contributed by atoms with Gasteiger partial charge in [-0.25, -0.2) is 5.43 Å². The third-order valence-electron chi connectivity index (χ3n) is 13.5. The summed E-state index contributed by atoms with van der Waals surface area (Å²) in [5.41, 5.74) is 9.10. The van der Waals surface area contributed by atoms with Crippen molar-refractivity contribution in [2.45, 2.75) is 91.4 Å². The van der Waals surface area contributed by atoms with Gasteiger partial charge in [-0.3, -0.25) is 38.9 Å². The van der Waals surface area contributed by atoms with Gasteiger partial charge in [-0.2, -0.15) is 0 Å². The van der Waals surface area contributed by atoms with E-state index in [-0.39, 0.29) is 43.2 Å². The highest BCUT2D eigenvalue weighted by atomic mass is 32.1. The van der Waals surface area contributed by atoms with Crippen molar-refractivity contribution in [3.8, 4) is 34.2 Å². The maximum absolute atomic E-state index is 14.7. The molecule has 0 saturated carbocycles. The first-order valence-electron chi connectivity index (χ1n) is 23.7. The standard InChI is InChI=1S/C51H64N8O7S/c1-7-58-43-15-14-34-26-39(43)40(46(58)35-11-8-17-52-29-35)28-51(4,5)32-66-50(64)41-12-9-19-59(54-41)49(63)42(27-38-25-37(34)31-67-38)53-47(61)45(33(2)3)55(6)48(62)36-16-20-57(30-36)44(60)13-10-18-56-21-23-65-24-22-56/h8,11,14-15,17,25-26,29,31,33,36,41-42,45,54H,7,9,12,16,18-24,27-28,30,32H2,1-6H3,(H,53,61)/t36-,41-,42-,45?/m0/s1. The number of likely N-dealkylation sites (N-methyl/N-ethyl adjacent to an activating group) is 1. The number of benzene rings is 1. The van der Waals surface area contributed by atoms with Gasteiger partial charge >= 0.3 is 5.97 Å². The second-order valence-corrected chi connectivity index (χ2v) is 20.4. The molecular formula is C51H64N8O7S. The highest BCUT2D eigenvalue weighted by Crippen LogP contribution is 2.40. The summed E-state index contributed by atoms with van der Waals surface area (Å²) in [4.78, 5) is 80.8. The number of carbonyl (C=O) groups excluding carboxylic acids is 5. The molecule has 15 nitrogen and oxygen atoms in total. The quantitative estimate of drug-likeness (QED) is 0.187. The fourth-order valence-corrected chi connectivity index (χ4v) is 10.9. The number of nitrogens with zero attached hydrogens (tertiary/aromatic N) is 6. The number of carbonyl (C=O) groups is 5. The molecule has 4 amide bonds. The largest absolute Gasteiger partial charge is 0.464 e. The Balaban J connectivity index is 1.06. The molecule has 1 unspecified atom stereocenters. The Bertz CT molecular complexity index is 2540. The number of cyclic esters (lactones) is 1. The van der Waals surface area contributed by atoms with Crippen molar-refractivity contribution in [3.63, 3.8) is 0 Å². The summed E-state index contributed by atoms with van der Waals surface area (Å²) in [6.07, 6.45) is 6.01. The van der Waals surface area contributed by atoms with Gasteiger partial charge in [-0.05, 0) is 96.8 Å². The minimum Gasteiger partial charge on any atom is -0.464 e. The molecule has 1 aromatic carbocycles. The monoisotopic (exact) mass is 932 g/mol. The van der Waals surface area contributed by atoms with E-state index in [1.165, 1.54) is 21.2 Å². The van der Waals surface area contributed by atoms with Crippen LogP contribution in [0.5, 0.6) is 0 Å². The van der Waals surface area contributed by atoms with Crippen molar-refractivity contribution < 1.29 is 33.4 Å². The zero-order valence-electron chi connectivity index (χ0n) is 39.6. The minimum atomic E-state index is -1.02. The van der Waals surface area contributed by atoms with Crippen molar-refractivity contribution in [2.24, 2.45) is 17.3 Å². The average Bonchev–Trinajstić information content (AvgIpc) is 4.09. The van der Waals surface area contributed by atoms with Crippen molar-refractivity contribution in [2.75, 3.05) is 66.1 Å². The van der Waals surface area contributed by atoms with Crippen LogP contribution in [0.25, 0.3) is 33.3 Å². The molecule has 67 heavy (non-hydrogen) atoms. The Morgan fingerprint density at radius 2 is 1.85 bits per heavy atom.